The number of amides is 3. The molecular weight excluding hydrogens is 432 g/mol. The number of carbonyl (C=O) groups excluding carboxylic acids is 2. The molecule has 0 radical (unpaired) electrons. The molecular formula is C21H22Cl2FN3O3. The van der Waals surface area contributed by atoms with Crippen molar-refractivity contribution in [3.05, 3.63) is 58.3 Å². The number of anilines is 1. The number of nitrogens with zero attached hydrogens (tertiary/aromatic N) is 1. The maximum absolute atomic E-state index is 13.2. The van der Waals surface area contributed by atoms with Crippen molar-refractivity contribution in [1.29, 1.82) is 0 Å². The summed E-state index contributed by atoms with van der Waals surface area (Å²) in [7, 11) is 0. The molecule has 1 aliphatic rings. The van der Waals surface area contributed by atoms with Crippen LogP contribution in [0.15, 0.2) is 42.5 Å². The van der Waals surface area contributed by atoms with Crippen molar-refractivity contribution >= 4 is 40.8 Å². The van der Waals surface area contributed by atoms with Crippen LogP contribution in [0.3, 0.4) is 0 Å². The van der Waals surface area contributed by atoms with E-state index in [9.17, 15) is 14.0 Å². The highest BCUT2D eigenvalue weighted by atomic mass is 35.5. The molecule has 0 saturated carbocycles. The molecule has 1 aliphatic heterocycles. The molecule has 3 rings (SSSR count). The van der Waals surface area contributed by atoms with Gasteiger partial charge in [0.25, 0.3) is 5.91 Å². The van der Waals surface area contributed by atoms with E-state index in [-0.39, 0.29) is 18.4 Å². The topological polar surface area (TPSA) is 70.7 Å². The Morgan fingerprint density at radius 3 is 2.77 bits per heavy atom. The van der Waals surface area contributed by atoms with E-state index in [0.717, 1.165) is 12.8 Å². The van der Waals surface area contributed by atoms with E-state index in [1.807, 2.05) is 0 Å². The quantitative estimate of drug-likeness (QED) is 0.672. The van der Waals surface area contributed by atoms with Gasteiger partial charge in [0.2, 0.25) is 0 Å². The van der Waals surface area contributed by atoms with Crippen LogP contribution in [0.4, 0.5) is 14.9 Å². The van der Waals surface area contributed by atoms with Gasteiger partial charge in [0.1, 0.15) is 11.6 Å². The summed E-state index contributed by atoms with van der Waals surface area (Å²) in [5.41, 5.74) is 0.382. The number of urea groups is 1. The minimum absolute atomic E-state index is 0.0990. The Hall–Kier alpha value is -2.51. The number of rotatable bonds is 6. The molecule has 1 atom stereocenters. The van der Waals surface area contributed by atoms with Crippen molar-refractivity contribution in [2.24, 2.45) is 5.92 Å². The summed E-state index contributed by atoms with van der Waals surface area (Å²) < 4.78 is 18.7. The second kappa shape index (κ2) is 10.5. The van der Waals surface area contributed by atoms with E-state index in [2.05, 4.69) is 10.6 Å². The summed E-state index contributed by atoms with van der Waals surface area (Å²) in [6, 6.07) is 10.1. The van der Waals surface area contributed by atoms with Crippen molar-refractivity contribution in [2.75, 3.05) is 31.6 Å². The van der Waals surface area contributed by atoms with Gasteiger partial charge in [-0.2, -0.15) is 0 Å². The number of hydrogen-bond acceptors (Lipinski definition) is 3. The SMILES string of the molecule is O=C(NCC1CCCN(C(=O)COc2ccc(Cl)c(Cl)c2)C1)Nc1cccc(F)c1. The molecule has 1 heterocycles. The number of nitrogens with one attached hydrogen (secondary N) is 2. The number of carbonyl (C=O) groups is 2. The summed E-state index contributed by atoms with van der Waals surface area (Å²) in [5.74, 6) is 0.0558. The molecule has 160 valence electrons. The van der Waals surface area contributed by atoms with Crippen LogP contribution >= 0.6 is 23.2 Å². The predicted octanol–water partition coefficient (Wildman–Crippen LogP) is 4.57. The van der Waals surface area contributed by atoms with Crippen LogP contribution < -0.4 is 15.4 Å². The second-order valence-corrected chi connectivity index (χ2v) is 7.87. The number of ether oxygens (including phenoxy) is 1. The molecule has 3 amide bonds. The van der Waals surface area contributed by atoms with Gasteiger partial charge in [0, 0.05) is 31.4 Å². The lowest BCUT2D eigenvalue weighted by Crippen LogP contribution is -2.45. The number of halogens is 3. The van der Waals surface area contributed by atoms with Crippen LogP contribution in [0.5, 0.6) is 5.75 Å². The highest BCUT2D eigenvalue weighted by Gasteiger charge is 2.24. The predicted molar refractivity (Wildman–Crippen MR) is 115 cm³/mol. The van der Waals surface area contributed by atoms with E-state index in [4.69, 9.17) is 27.9 Å². The van der Waals surface area contributed by atoms with Crippen LogP contribution in [-0.4, -0.2) is 43.1 Å². The number of likely N-dealkylation sites (tertiary alicyclic amines) is 1. The van der Waals surface area contributed by atoms with Crippen molar-refractivity contribution in [2.45, 2.75) is 12.8 Å². The fourth-order valence-corrected chi connectivity index (χ4v) is 3.53. The highest BCUT2D eigenvalue weighted by molar-refractivity contribution is 6.42. The molecule has 0 aliphatic carbocycles. The minimum atomic E-state index is -0.419. The molecule has 6 nitrogen and oxygen atoms in total. The third-order valence-electron chi connectivity index (χ3n) is 4.76. The zero-order valence-corrected chi connectivity index (χ0v) is 17.7. The Labute approximate surface area is 184 Å². The minimum Gasteiger partial charge on any atom is -0.484 e. The molecule has 0 spiro atoms. The van der Waals surface area contributed by atoms with E-state index >= 15 is 0 Å². The fourth-order valence-electron chi connectivity index (χ4n) is 3.24. The van der Waals surface area contributed by atoms with Gasteiger partial charge in [0.05, 0.1) is 10.0 Å². The Morgan fingerprint density at radius 1 is 1.17 bits per heavy atom. The molecule has 1 unspecified atom stereocenters. The van der Waals surface area contributed by atoms with Gasteiger partial charge in [0.15, 0.2) is 6.61 Å². The second-order valence-electron chi connectivity index (χ2n) is 7.06. The van der Waals surface area contributed by atoms with Gasteiger partial charge in [-0.3, -0.25) is 4.79 Å². The summed E-state index contributed by atoms with van der Waals surface area (Å²) in [5, 5.41) is 6.16. The van der Waals surface area contributed by atoms with Gasteiger partial charge in [-0.25, -0.2) is 9.18 Å². The Morgan fingerprint density at radius 2 is 2.00 bits per heavy atom. The Balaban J connectivity index is 1.43. The Bertz CT molecular complexity index is 913. The van der Waals surface area contributed by atoms with Crippen LogP contribution in [0, 0.1) is 11.7 Å². The van der Waals surface area contributed by atoms with Crippen molar-refractivity contribution < 1.29 is 18.7 Å². The van der Waals surface area contributed by atoms with Crippen LogP contribution in [-0.2, 0) is 4.79 Å². The summed E-state index contributed by atoms with van der Waals surface area (Å²) in [4.78, 5) is 26.2. The molecule has 2 N–H and O–H groups in total. The first-order valence-corrected chi connectivity index (χ1v) is 10.3. The third-order valence-corrected chi connectivity index (χ3v) is 5.50. The monoisotopic (exact) mass is 453 g/mol. The summed E-state index contributed by atoms with van der Waals surface area (Å²) in [6.07, 6.45) is 1.74. The van der Waals surface area contributed by atoms with Crippen LogP contribution in [0.1, 0.15) is 12.8 Å². The molecule has 0 bridgehead atoms. The highest BCUT2D eigenvalue weighted by Crippen LogP contribution is 2.26. The van der Waals surface area contributed by atoms with Crippen molar-refractivity contribution in [3.8, 4) is 5.75 Å². The fraction of sp³-hybridized carbons (Fsp3) is 0.333. The summed E-state index contributed by atoms with van der Waals surface area (Å²) in [6.45, 7) is 1.50. The van der Waals surface area contributed by atoms with Crippen LogP contribution in [0.2, 0.25) is 10.0 Å². The largest absolute Gasteiger partial charge is 0.484 e. The zero-order chi connectivity index (χ0) is 21.5. The number of hydrogen-bond donors (Lipinski definition) is 2. The van der Waals surface area contributed by atoms with Gasteiger partial charge in [-0.15, -0.1) is 0 Å². The van der Waals surface area contributed by atoms with E-state index in [0.29, 0.717) is 41.1 Å². The van der Waals surface area contributed by atoms with Crippen LogP contribution in [0.25, 0.3) is 0 Å². The van der Waals surface area contributed by atoms with Gasteiger partial charge in [-0.05, 0) is 49.1 Å². The zero-order valence-electron chi connectivity index (χ0n) is 16.2. The van der Waals surface area contributed by atoms with Gasteiger partial charge in [-0.1, -0.05) is 29.3 Å². The van der Waals surface area contributed by atoms with E-state index < -0.39 is 11.8 Å². The molecule has 1 fully saturated rings. The first-order valence-electron chi connectivity index (χ1n) is 9.57. The average molecular weight is 454 g/mol. The molecule has 2 aromatic rings. The van der Waals surface area contributed by atoms with Gasteiger partial charge >= 0.3 is 6.03 Å². The van der Waals surface area contributed by atoms with Gasteiger partial charge < -0.3 is 20.3 Å². The summed E-state index contributed by atoms with van der Waals surface area (Å²) >= 11 is 11.8. The lowest BCUT2D eigenvalue weighted by Gasteiger charge is -2.32. The molecule has 1 saturated heterocycles. The lowest BCUT2D eigenvalue weighted by molar-refractivity contribution is -0.135. The lowest BCUT2D eigenvalue weighted by atomic mass is 9.98. The number of benzene rings is 2. The van der Waals surface area contributed by atoms with E-state index in [1.165, 1.54) is 18.2 Å². The molecule has 0 aromatic heterocycles. The molecule has 30 heavy (non-hydrogen) atoms. The normalized spacial score (nSPS) is 16.1. The maximum atomic E-state index is 13.2. The van der Waals surface area contributed by atoms with Crippen molar-refractivity contribution in [3.63, 3.8) is 0 Å². The first kappa shape index (κ1) is 22.2. The molecule has 9 heteroatoms. The smallest absolute Gasteiger partial charge is 0.319 e. The first-order chi connectivity index (χ1) is 14.4. The van der Waals surface area contributed by atoms with E-state index in [1.54, 1.807) is 29.2 Å². The average Bonchev–Trinajstić information content (AvgIpc) is 2.73. The van der Waals surface area contributed by atoms with Crippen molar-refractivity contribution in [1.82, 2.24) is 10.2 Å². The maximum Gasteiger partial charge on any atom is 0.319 e. The standard InChI is InChI=1S/C21H22Cl2FN3O3/c22-18-7-6-17(10-19(18)23)30-13-20(28)27-8-2-3-14(12-27)11-25-21(29)26-16-5-1-4-15(24)9-16/h1,4-7,9-10,14H,2-3,8,11-13H2,(H2,25,26,29). The third kappa shape index (κ3) is 6.50. The molecule has 2 aromatic carbocycles. The Kier molecular flexibility index (Phi) is 7.76. The number of piperidine rings is 1.